The largest absolute Gasteiger partial charge is 0.463 e. The van der Waals surface area contributed by atoms with Gasteiger partial charge in [0.05, 0.1) is 21.1 Å². The van der Waals surface area contributed by atoms with E-state index in [-0.39, 0.29) is 12.3 Å². The second-order valence-corrected chi connectivity index (χ2v) is 9.03. The van der Waals surface area contributed by atoms with E-state index in [1.54, 1.807) is 11.3 Å². The monoisotopic (exact) mass is 488 g/mol. The van der Waals surface area contributed by atoms with Crippen molar-refractivity contribution in [1.29, 1.82) is 0 Å². The number of halogens is 2. The fourth-order valence-corrected chi connectivity index (χ4v) is 5.62. The molecule has 2 aliphatic heterocycles. The molecule has 2 aliphatic rings. The van der Waals surface area contributed by atoms with E-state index in [1.165, 1.54) is 4.88 Å². The number of ether oxygens (including phenoxy) is 1. The van der Waals surface area contributed by atoms with Crippen LogP contribution in [0.25, 0.3) is 0 Å². The summed E-state index contributed by atoms with van der Waals surface area (Å²) in [6.45, 7) is 0. The minimum absolute atomic E-state index is 0.162. The molecule has 2 aromatic carbocycles. The van der Waals surface area contributed by atoms with Gasteiger partial charge in [0.2, 0.25) is 6.23 Å². The van der Waals surface area contributed by atoms with Crippen molar-refractivity contribution < 1.29 is 4.74 Å². The second kappa shape index (κ2) is 6.51. The molecule has 0 bridgehead atoms. The van der Waals surface area contributed by atoms with Gasteiger partial charge in [-0.25, -0.2) is 5.01 Å². The molecule has 1 aromatic heterocycles. The SMILES string of the molecule is Brc1cc(Br)c2c(c1)[C@@H]1CC(c3cccs3)=NN1[C@H](c1ccccc1)O2. The molecule has 0 spiro atoms. The molecule has 0 saturated heterocycles. The van der Waals surface area contributed by atoms with Gasteiger partial charge in [-0.15, -0.1) is 11.3 Å². The Balaban J connectivity index is 1.65. The molecule has 0 amide bonds. The maximum absolute atomic E-state index is 6.44. The average Bonchev–Trinajstić information content (AvgIpc) is 3.31. The zero-order valence-corrected chi connectivity index (χ0v) is 17.6. The Morgan fingerprint density at radius 1 is 1.08 bits per heavy atom. The lowest BCUT2D eigenvalue weighted by Crippen LogP contribution is -2.33. The molecule has 3 heterocycles. The Hall–Kier alpha value is -1.63. The highest BCUT2D eigenvalue weighted by Gasteiger charge is 2.42. The van der Waals surface area contributed by atoms with Gasteiger partial charge >= 0.3 is 0 Å². The highest BCUT2D eigenvalue weighted by molar-refractivity contribution is 9.11. The van der Waals surface area contributed by atoms with Crippen LogP contribution in [0.5, 0.6) is 5.75 Å². The average molecular weight is 490 g/mol. The molecule has 3 aromatic rings. The predicted molar refractivity (Wildman–Crippen MR) is 112 cm³/mol. The van der Waals surface area contributed by atoms with E-state index >= 15 is 0 Å². The topological polar surface area (TPSA) is 24.8 Å². The third kappa shape index (κ3) is 2.71. The first-order valence-electron chi connectivity index (χ1n) is 8.31. The predicted octanol–water partition coefficient (Wildman–Crippen LogP) is 6.52. The molecule has 0 saturated carbocycles. The highest BCUT2D eigenvalue weighted by atomic mass is 79.9. The molecule has 0 N–H and O–H groups in total. The van der Waals surface area contributed by atoms with Crippen molar-refractivity contribution >= 4 is 48.9 Å². The first kappa shape index (κ1) is 16.5. The summed E-state index contributed by atoms with van der Waals surface area (Å²) < 4.78 is 8.44. The molecule has 130 valence electrons. The van der Waals surface area contributed by atoms with E-state index in [9.17, 15) is 0 Å². The van der Waals surface area contributed by atoms with Crippen LogP contribution in [0.2, 0.25) is 0 Å². The van der Waals surface area contributed by atoms with Crippen molar-refractivity contribution in [2.75, 3.05) is 0 Å². The molecule has 0 unspecified atom stereocenters. The first-order valence-corrected chi connectivity index (χ1v) is 10.8. The van der Waals surface area contributed by atoms with Crippen molar-refractivity contribution in [1.82, 2.24) is 5.01 Å². The number of benzene rings is 2. The van der Waals surface area contributed by atoms with E-state index < -0.39 is 0 Å². The van der Waals surface area contributed by atoms with Gasteiger partial charge in [-0.05, 0) is 39.5 Å². The number of thiophene rings is 1. The van der Waals surface area contributed by atoms with Crippen LogP contribution >= 0.6 is 43.2 Å². The summed E-state index contributed by atoms with van der Waals surface area (Å²) in [5, 5.41) is 9.19. The Morgan fingerprint density at radius 3 is 2.69 bits per heavy atom. The first-order chi connectivity index (χ1) is 12.7. The third-order valence-electron chi connectivity index (χ3n) is 4.70. The third-order valence-corrected chi connectivity index (χ3v) is 6.66. The summed E-state index contributed by atoms with van der Waals surface area (Å²) in [5.41, 5.74) is 3.39. The fraction of sp³-hybridized carbons (Fsp3) is 0.150. The van der Waals surface area contributed by atoms with Gasteiger partial charge in [0.25, 0.3) is 0 Å². The Labute approximate surface area is 172 Å². The Morgan fingerprint density at radius 2 is 1.92 bits per heavy atom. The maximum atomic E-state index is 6.44. The molecule has 5 rings (SSSR count). The van der Waals surface area contributed by atoms with E-state index in [1.807, 2.05) is 24.3 Å². The van der Waals surface area contributed by atoms with Crippen molar-refractivity contribution in [3.05, 3.63) is 84.9 Å². The Bertz CT molecular complexity index is 989. The summed E-state index contributed by atoms with van der Waals surface area (Å²) in [6.07, 6.45) is 0.645. The van der Waals surface area contributed by atoms with Gasteiger partial charge in [0.15, 0.2) is 0 Å². The number of nitrogens with zero attached hydrogens (tertiary/aromatic N) is 2. The minimum Gasteiger partial charge on any atom is -0.463 e. The van der Waals surface area contributed by atoms with Gasteiger partial charge in [0, 0.05) is 22.0 Å². The Kier molecular flexibility index (Phi) is 4.14. The second-order valence-electron chi connectivity index (χ2n) is 6.31. The summed E-state index contributed by atoms with van der Waals surface area (Å²) in [5.74, 6) is 0.908. The van der Waals surface area contributed by atoms with Crippen LogP contribution in [0, 0.1) is 0 Å². The molecule has 2 atom stereocenters. The molecular weight excluding hydrogens is 476 g/mol. The summed E-state index contributed by atoms with van der Waals surface area (Å²) in [6, 6.07) is 18.8. The number of hydrazone groups is 1. The molecule has 3 nitrogen and oxygen atoms in total. The van der Waals surface area contributed by atoms with E-state index in [0.29, 0.717) is 0 Å². The van der Waals surface area contributed by atoms with E-state index in [2.05, 4.69) is 72.6 Å². The lowest BCUT2D eigenvalue weighted by Gasteiger charge is -2.38. The lowest BCUT2D eigenvalue weighted by atomic mass is 9.98. The van der Waals surface area contributed by atoms with E-state index in [0.717, 1.165) is 38.0 Å². The molecule has 26 heavy (non-hydrogen) atoms. The number of fused-ring (bicyclic) bond motifs is 3. The fourth-order valence-electron chi connectivity index (χ4n) is 3.54. The summed E-state index contributed by atoms with van der Waals surface area (Å²) in [7, 11) is 0. The van der Waals surface area contributed by atoms with E-state index in [4.69, 9.17) is 9.84 Å². The van der Waals surface area contributed by atoms with Crippen LogP contribution in [0.1, 0.15) is 34.7 Å². The van der Waals surface area contributed by atoms with Crippen molar-refractivity contribution in [2.45, 2.75) is 18.7 Å². The summed E-state index contributed by atoms with van der Waals surface area (Å²) in [4.78, 5) is 1.22. The number of hydrogen-bond acceptors (Lipinski definition) is 4. The zero-order valence-electron chi connectivity index (χ0n) is 13.6. The van der Waals surface area contributed by atoms with Crippen molar-refractivity contribution in [3.63, 3.8) is 0 Å². The van der Waals surface area contributed by atoms with Crippen LogP contribution in [-0.4, -0.2) is 10.7 Å². The molecule has 6 heteroatoms. The van der Waals surface area contributed by atoms with Crippen LogP contribution in [0.15, 0.2) is 74.0 Å². The van der Waals surface area contributed by atoms with Crippen molar-refractivity contribution in [3.8, 4) is 5.75 Å². The number of rotatable bonds is 2. The van der Waals surface area contributed by atoms with Gasteiger partial charge in [-0.2, -0.15) is 5.10 Å². The normalized spacial score (nSPS) is 21.0. The highest BCUT2D eigenvalue weighted by Crippen LogP contribution is 2.50. The van der Waals surface area contributed by atoms with Gasteiger partial charge < -0.3 is 4.74 Å². The minimum atomic E-state index is -0.233. The van der Waals surface area contributed by atoms with Gasteiger partial charge in [0.1, 0.15) is 5.75 Å². The summed E-state index contributed by atoms with van der Waals surface area (Å²) >= 11 is 9.02. The van der Waals surface area contributed by atoms with Crippen LogP contribution in [0.3, 0.4) is 0 Å². The molecule has 0 aliphatic carbocycles. The lowest BCUT2D eigenvalue weighted by molar-refractivity contribution is -0.0197. The molecular formula is C20H14Br2N2OS. The molecule has 0 radical (unpaired) electrons. The molecule has 0 fully saturated rings. The zero-order chi connectivity index (χ0) is 17.7. The van der Waals surface area contributed by atoms with Gasteiger partial charge in [-0.1, -0.05) is 52.3 Å². The van der Waals surface area contributed by atoms with Crippen LogP contribution in [-0.2, 0) is 0 Å². The van der Waals surface area contributed by atoms with Crippen LogP contribution < -0.4 is 4.74 Å². The van der Waals surface area contributed by atoms with Crippen LogP contribution in [0.4, 0.5) is 0 Å². The van der Waals surface area contributed by atoms with Gasteiger partial charge in [-0.3, -0.25) is 0 Å². The smallest absolute Gasteiger partial charge is 0.213 e. The quantitative estimate of drug-likeness (QED) is 0.409. The maximum Gasteiger partial charge on any atom is 0.213 e. The van der Waals surface area contributed by atoms with Crippen molar-refractivity contribution in [2.24, 2.45) is 5.10 Å². The standard InChI is InChI=1S/C20H14Br2N2OS/c21-13-9-14-17-11-16(18-7-4-8-26-18)23-24(17)20(12-5-2-1-3-6-12)25-19(14)15(22)10-13/h1-10,17,20H,11H2/t17-,20-/m0/s1. The number of hydrogen-bond donors (Lipinski definition) is 0.